The Bertz CT molecular complexity index is 1060. The molecule has 31 heavy (non-hydrogen) atoms. The molecule has 165 valence electrons. The summed E-state index contributed by atoms with van der Waals surface area (Å²) in [7, 11) is 1.74. The second-order valence-corrected chi connectivity index (χ2v) is 10.9. The van der Waals surface area contributed by atoms with Gasteiger partial charge in [0, 0.05) is 27.8 Å². The number of thiazole rings is 1. The average molecular weight is 439 g/mol. The standard InChI is InChI=1S/C25H32N3O2S/c1-15-10-16(2)28(27-15)21(13-29)20-14-31-23(26-20)17-11-18(24(3,4)5)22(30-9)19(12-17)25(6,7)8/h10-12,14,21H,1-9H3. The number of benzene rings is 1. The maximum atomic E-state index is 11.8. The number of rotatable bonds is 5. The van der Waals surface area contributed by atoms with Crippen LogP contribution in [0, 0.1) is 13.8 Å². The van der Waals surface area contributed by atoms with Crippen molar-refractivity contribution < 1.29 is 9.53 Å². The molecular weight excluding hydrogens is 406 g/mol. The molecule has 0 aliphatic carbocycles. The van der Waals surface area contributed by atoms with E-state index in [0.717, 1.165) is 38.8 Å². The van der Waals surface area contributed by atoms with Crippen molar-refractivity contribution in [3.63, 3.8) is 0 Å². The predicted octanol–water partition coefficient (Wildman–Crippen LogP) is 5.93. The van der Waals surface area contributed by atoms with Gasteiger partial charge >= 0.3 is 0 Å². The summed E-state index contributed by atoms with van der Waals surface area (Å²) < 4.78 is 7.57. The molecule has 0 saturated heterocycles. The Balaban J connectivity index is 2.15. The Morgan fingerprint density at radius 1 is 1.03 bits per heavy atom. The Morgan fingerprint density at radius 3 is 2.03 bits per heavy atom. The molecule has 2 aromatic heterocycles. The largest absolute Gasteiger partial charge is 0.496 e. The number of hydrogen-bond acceptors (Lipinski definition) is 5. The molecule has 0 aliphatic rings. The second kappa shape index (κ2) is 8.23. The van der Waals surface area contributed by atoms with Crippen LogP contribution in [-0.2, 0) is 15.6 Å². The molecule has 3 rings (SSSR count). The van der Waals surface area contributed by atoms with Gasteiger partial charge in [-0.3, -0.25) is 9.48 Å². The Kier molecular flexibility index (Phi) is 6.16. The fourth-order valence-electron chi connectivity index (χ4n) is 3.77. The summed E-state index contributed by atoms with van der Waals surface area (Å²) in [5.74, 6) is 0.933. The van der Waals surface area contributed by atoms with Crippen LogP contribution in [0.5, 0.6) is 5.75 Å². The molecule has 1 aromatic carbocycles. The summed E-state index contributed by atoms with van der Waals surface area (Å²) in [4.78, 5) is 16.7. The molecule has 0 bridgehead atoms. The van der Waals surface area contributed by atoms with Gasteiger partial charge in [0.1, 0.15) is 10.8 Å². The van der Waals surface area contributed by atoms with E-state index in [9.17, 15) is 4.79 Å². The third-order valence-corrected chi connectivity index (χ3v) is 6.27. The zero-order valence-electron chi connectivity index (χ0n) is 20.0. The fourth-order valence-corrected chi connectivity index (χ4v) is 4.60. The number of aromatic nitrogens is 3. The highest BCUT2D eigenvalue weighted by molar-refractivity contribution is 7.13. The summed E-state index contributed by atoms with van der Waals surface area (Å²) in [6.07, 6.45) is 2.12. The monoisotopic (exact) mass is 438 g/mol. The summed E-state index contributed by atoms with van der Waals surface area (Å²) in [5, 5.41) is 7.26. The molecule has 5 nitrogen and oxygen atoms in total. The molecule has 1 radical (unpaired) electrons. The first-order chi connectivity index (χ1) is 14.4. The highest BCUT2D eigenvalue weighted by Crippen LogP contribution is 2.43. The van der Waals surface area contributed by atoms with Crippen molar-refractivity contribution in [2.75, 3.05) is 7.11 Å². The van der Waals surface area contributed by atoms with Gasteiger partial charge in [-0.05, 0) is 42.9 Å². The highest BCUT2D eigenvalue weighted by atomic mass is 32.1. The number of hydrogen-bond donors (Lipinski definition) is 0. The molecule has 6 heteroatoms. The lowest BCUT2D eigenvalue weighted by Crippen LogP contribution is -2.19. The van der Waals surface area contributed by atoms with Crippen molar-refractivity contribution in [2.24, 2.45) is 0 Å². The van der Waals surface area contributed by atoms with Crippen LogP contribution in [0.15, 0.2) is 23.6 Å². The fraction of sp³-hybridized carbons (Fsp3) is 0.480. The van der Waals surface area contributed by atoms with Gasteiger partial charge in [-0.15, -0.1) is 11.3 Å². The van der Waals surface area contributed by atoms with E-state index in [4.69, 9.17) is 9.72 Å². The molecule has 0 spiro atoms. The van der Waals surface area contributed by atoms with E-state index in [1.165, 1.54) is 11.3 Å². The van der Waals surface area contributed by atoms with Gasteiger partial charge in [-0.1, -0.05) is 41.5 Å². The normalized spacial score (nSPS) is 13.3. The lowest BCUT2D eigenvalue weighted by Gasteiger charge is -2.29. The van der Waals surface area contributed by atoms with E-state index in [1.807, 2.05) is 25.3 Å². The van der Waals surface area contributed by atoms with Gasteiger partial charge in [0.2, 0.25) is 6.29 Å². The smallest absolute Gasteiger partial charge is 0.231 e. The molecule has 3 aromatic rings. The van der Waals surface area contributed by atoms with Crippen LogP contribution in [0.2, 0.25) is 0 Å². The first kappa shape index (κ1) is 23.2. The van der Waals surface area contributed by atoms with Crippen LogP contribution in [0.25, 0.3) is 10.6 Å². The van der Waals surface area contributed by atoms with Crippen LogP contribution in [0.3, 0.4) is 0 Å². The number of methoxy groups -OCH3 is 1. The lowest BCUT2D eigenvalue weighted by molar-refractivity contribution is 0.381. The molecule has 0 saturated carbocycles. The zero-order valence-corrected chi connectivity index (χ0v) is 20.8. The zero-order chi connectivity index (χ0) is 23.1. The van der Waals surface area contributed by atoms with E-state index in [2.05, 4.69) is 65.1 Å². The van der Waals surface area contributed by atoms with Gasteiger partial charge in [0.15, 0.2) is 6.04 Å². The van der Waals surface area contributed by atoms with Crippen molar-refractivity contribution in [1.29, 1.82) is 0 Å². The van der Waals surface area contributed by atoms with Crippen molar-refractivity contribution >= 4 is 17.6 Å². The minimum atomic E-state index is -0.652. The van der Waals surface area contributed by atoms with Gasteiger partial charge < -0.3 is 4.74 Å². The van der Waals surface area contributed by atoms with Crippen molar-refractivity contribution in [3.05, 3.63) is 51.8 Å². The summed E-state index contributed by atoms with van der Waals surface area (Å²) in [6.45, 7) is 17.0. The average Bonchev–Trinajstić information content (AvgIpc) is 3.27. The summed E-state index contributed by atoms with van der Waals surface area (Å²) >= 11 is 1.53. The summed E-state index contributed by atoms with van der Waals surface area (Å²) in [6, 6.07) is 5.63. The quantitative estimate of drug-likeness (QED) is 0.496. The second-order valence-electron chi connectivity index (χ2n) is 10.1. The number of carbonyl (C=O) groups excluding carboxylic acids is 1. The van der Waals surface area contributed by atoms with Crippen molar-refractivity contribution in [3.8, 4) is 16.3 Å². The number of ether oxygens (including phenoxy) is 1. The summed E-state index contributed by atoms with van der Waals surface area (Å²) in [5.41, 5.74) is 5.57. The van der Waals surface area contributed by atoms with E-state index in [1.54, 1.807) is 11.8 Å². The molecule has 0 amide bonds. The van der Waals surface area contributed by atoms with E-state index >= 15 is 0 Å². The maximum Gasteiger partial charge on any atom is 0.231 e. The van der Waals surface area contributed by atoms with Crippen molar-refractivity contribution in [2.45, 2.75) is 72.3 Å². The predicted molar refractivity (Wildman–Crippen MR) is 127 cm³/mol. The molecule has 0 N–H and O–H groups in total. The Labute approximate surface area is 189 Å². The van der Waals surface area contributed by atoms with Gasteiger partial charge in [0.25, 0.3) is 0 Å². The first-order valence-corrected chi connectivity index (χ1v) is 11.3. The van der Waals surface area contributed by atoms with Crippen LogP contribution in [0.1, 0.15) is 75.8 Å². The third-order valence-electron chi connectivity index (χ3n) is 5.36. The minimum Gasteiger partial charge on any atom is -0.496 e. The van der Waals surface area contributed by atoms with Crippen LogP contribution >= 0.6 is 11.3 Å². The number of nitrogens with zero attached hydrogens (tertiary/aromatic N) is 3. The van der Waals surface area contributed by atoms with Crippen LogP contribution in [-0.4, -0.2) is 28.2 Å². The Morgan fingerprint density at radius 2 is 1.61 bits per heavy atom. The van der Waals surface area contributed by atoms with Gasteiger partial charge in [-0.2, -0.15) is 5.10 Å². The number of aryl methyl sites for hydroxylation is 2. The van der Waals surface area contributed by atoms with E-state index in [-0.39, 0.29) is 10.8 Å². The van der Waals surface area contributed by atoms with E-state index in [0.29, 0.717) is 5.69 Å². The molecule has 1 atom stereocenters. The topological polar surface area (TPSA) is 57.0 Å². The first-order valence-electron chi connectivity index (χ1n) is 10.5. The molecule has 0 fully saturated rings. The minimum absolute atomic E-state index is 0.0930. The van der Waals surface area contributed by atoms with Gasteiger partial charge in [0.05, 0.1) is 18.5 Å². The van der Waals surface area contributed by atoms with Gasteiger partial charge in [-0.25, -0.2) is 4.98 Å². The molecular formula is C25H32N3O2S. The maximum absolute atomic E-state index is 11.8. The molecule has 1 unspecified atom stereocenters. The SMILES string of the molecule is COc1c(C(C)(C)C)cc(-c2nc(C([C]=O)n3nc(C)cc3C)cs2)cc1C(C)(C)C. The Hall–Kier alpha value is -2.47. The van der Waals surface area contributed by atoms with Crippen LogP contribution in [0.4, 0.5) is 0 Å². The lowest BCUT2D eigenvalue weighted by atomic mass is 9.78. The van der Waals surface area contributed by atoms with Crippen LogP contribution < -0.4 is 4.74 Å². The highest BCUT2D eigenvalue weighted by Gasteiger charge is 2.29. The van der Waals surface area contributed by atoms with Crippen molar-refractivity contribution in [1.82, 2.24) is 14.8 Å². The third kappa shape index (κ3) is 4.59. The molecule has 0 aliphatic heterocycles. The molecule has 2 heterocycles. The van der Waals surface area contributed by atoms with E-state index < -0.39 is 6.04 Å².